The molecule has 6 heteroatoms. The normalized spacial score (nSPS) is 14.3. The average molecular weight is 277 g/mol. The van der Waals surface area contributed by atoms with Crippen LogP contribution >= 0.6 is 0 Å². The van der Waals surface area contributed by atoms with Gasteiger partial charge in [0.1, 0.15) is 0 Å². The number of likely N-dealkylation sites (tertiary alicyclic amines) is 1. The van der Waals surface area contributed by atoms with E-state index in [4.69, 9.17) is 10.8 Å². The number of hydrogen-bond donors (Lipinski definition) is 3. The van der Waals surface area contributed by atoms with Crippen LogP contribution in [-0.4, -0.2) is 41.5 Å². The Morgan fingerprint density at radius 3 is 2.65 bits per heavy atom. The number of carboxylic acid groups (broad SMARTS) is 1. The highest BCUT2D eigenvalue weighted by molar-refractivity contribution is 5.90. The van der Waals surface area contributed by atoms with E-state index in [1.54, 1.807) is 6.07 Å². The molecule has 1 aliphatic heterocycles. The van der Waals surface area contributed by atoms with Crippen molar-refractivity contribution in [3.8, 4) is 0 Å². The number of rotatable bonds is 5. The van der Waals surface area contributed by atoms with E-state index in [0.717, 1.165) is 25.9 Å². The Balaban J connectivity index is 1.88. The number of nitrogens with zero attached hydrogens (tertiary/aromatic N) is 1. The van der Waals surface area contributed by atoms with E-state index in [9.17, 15) is 9.59 Å². The van der Waals surface area contributed by atoms with Gasteiger partial charge in [-0.25, -0.2) is 4.79 Å². The van der Waals surface area contributed by atoms with Gasteiger partial charge in [0.25, 0.3) is 0 Å². The van der Waals surface area contributed by atoms with Gasteiger partial charge in [0.05, 0.1) is 16.9 Å². The molecule has 1 aliphatic rings. The number of carbonyl (C=O) groups excluding carboxylic acids is 1. The lowest BCUT2D eigenvalue weighted by atomic mass is 10.1. The maximum Gasteiger partial charge on any atom is 0.335 e. The van der Waals surface area contributed by atoms with Crippen molar-refractivity contribution >= 4 is 23.3 Å². The third kappa shape index (κ3) is 3.40. The Morgan fingerprint density at radius 1 is 1.30 bits per heavy atom. The molecule has 1 fully saturated rings. The Kier molecular flexibility index (Phi) is 4.45. The van der Waals surface area contributed by atoms with Crippen molar-refractivity contribution in [3.05, 3.63) is 23.8 Å². The molecule has 1 aromatic rings. The van der Waals surface area contributed by atoms with E-state index < -0.39 is 5.97 Å². The van der Waals surface area contributed by atoms with Crippen molar-refractivity contribution in [2.24, 2.45) is 0 Å². The van der Waals surface area contributed by atoms with Gasteiger partial charge >= 0.3 is 5.97 Å². The largest absolute Gasteiger partial charge is 0.478 e. The van der Waals surface area contributed by atoms with Crippen LogP contribution in [0.1, 0.15) is 29.6 Å². The lowest BCUT2D eigenvalue weighted by Crippen LogP contribution is -2.29. The number of hydrogen-bond acceptors (Lipinski definition) is 4. The summed E-state index contributed by atoms with van der Waals surface area (Å²) in [5, 5.41) is 12.0. The van der Waals surface area contributed by atoms with Crippen LogP contribution in [0.5, 0.6) is 0 Å². The Bertz CT molecular complexity index is 510. The summed E-state index contributed by atoms with van der Waals surface area (Å²) in [7, 11) is 0. The van der Waals surface area contributed by atoms with Crippen LogP contribution in [-0.2, 0) is 4.79 Å². The van der Waals surface area contributed by atoms with Crippen LogP contribution in [0.4, 0.5) is 11.4 Å². The molecule has 2 rings (SSSR count). The number of anilines is 2. The zero-order chi connectivity index (χ0) is 14.5. The Hall–Kier alpha value is -2.24. The monoisotopic (exact) mass is 277 g/mol. The first-order valence-electron chi connectivity index (χ1n) is 6.72. The van der Waals surface area contributed by atoms with Gasteiger partial charge in [-0.05, 0) is 31.0 Å². The first-order chi connectivity index (χ1) is 9.58. The first kappa shape index (κ1) is 14.2. The fourth-order valence-electron chi connectivity index (χ4n) is 2.27. The number of carbonyl (C=O) groups is 2. The summed E-state index contributed by atoms with van der Waals surface area (Å²) < 4.78 is 0. The maximum atomic E-state index is 11.9. The van der Waals surface area contributed by atoms with Crippen molar-refractivity contribution in [2.45, 2.75) is 19.3 Å². The number of carboxylic acids is 1. The maximum absolute atomic E-state index is 11.9. The lowest BCUT2D eigenvalue weighted by Gasteiger charge is -2.16. The predicted molar refractivity (Wildman–Crippen MR) is 76.7 cm³/mol. The predicted octanol–water partition coefficient (Wildman–Crippen LogP) is 1.39. The molecule has 1 saturated heterocycles. The van der Waals surface area contributed by atoms with Crippen molar-refractivity contribution in [1.29, 1.82) is 0 Å². The quantitative estimate of drug-likeness (QED) is 0.707. The summed E-state index contributed by atoms with van der Waals surface area (Å²) in [6, 6.07) is 4.49. The van der Waals surface area contributed by atoms with Gasteiger partial charge < -0.3 is 21.1 Å². The summed E-state index contributed by atoms with van der Waals surface area (Å²) in [6.07, 6.45) is 2.54. The van der Waals surface area contributed by atoms with Crippen molar-refractivity contribution in [2.75, 3.05) is 30.7 Å². The van der Waals surface area contributed by atoms with Crippen LogP contribution in [0, 0.1) is 0 Å². The van der Waals surface area contributed by atoms with E-state index in [-0.39, 0.29) is 11.5 Å². The molecule has 0 aliphatic carbocycles. The van der Waals surface area contributed by atoms with E-state index in [0.29, 0.717) is 24.3 Å². The molecule has 0 aromatic heterocycles. The van der Waals surface area contributed by atoms with Crippen LogP contribution in [0.3, 0.4) is 0 Å². The number of amides is 1. The molecule has 1 aromatic carbocycles. The minimum Gasteiger partial charge on any atom is -0.478 e. The molecular weight excluding hydrogens is 258 g/mol. The van der Waals surface area contributed by atoms with Gasteiger partial charge in [-0.1, -0.05) is 0 Å². The third-order valence-corrected chi connectivity index (χ3v) is 3.41. The van der Waals surface area contributed by atoms with Crippen molar-refractivity contribution in [1.82, 2.24) is 4.90 Å². The summed E-state index contributed by atoms with van der Waals surface area (Å²) in [6.45, 7) is 2.13. The van der Waals surface area contributed by atoms with Crippen LogP contribution < -0.4 is 11.1 Å². The van der Waals surface area contributed by atoms with Crippen LogP contribution in [0.15, 0.2) is 18.2 Å². The fraction of sp³-hybridized carbons (Fsp3) is 0.429. The topological polar surface area (TPSA) is 95.7 Å². The number of nitrogens with one attached hydrogen (secondary N) is 1. The minimum absolute atomic E-state index is 0.128. The summed E-state index contributed by atoms with van der Waals surface area (Å²) in [5.74, 6) is -0.871. The third-order valence-electron chi connectivity index (χ3n) is 3.41. The summed E-state index contributed by atoms with van der Waals surface area (Å²) in [5.41, 5.74) is 6.98. The molecule has 0 unspecified atom stereocenters. The van der Waals surface area contributed by atoms with Gasteiger partial charge in [0, 0.05) is 26.1 Å². The van der Waals surface area contributed by atoms with Crippen molar-refractivity contribution < 1.29 is 14.7 Å². The highest BCUT2D eigenvalue weighted by Crippen LogP contribution is 2.20. The SMILES string of the molecule is Nc1ccc(C(=O)O)cc1NCCC(=O)N1CCCC1. The van der Waals surface area contributed by atoms with E-state index in [2.05, 4.69) is 5.32 Å². The van der Waals surface area contributed by atoms with Crippen LogP contribution in [0.25, 0.3) is 0 Å². The molecule has 1 amide bonds. The summed E-state index contributed by atoms with van der Waals surface area (Å²) in [4.78, 5) is 24.6. The van der Waals surface area contributed by atoms with E-state index in [1.165, 1.54) is 12.1 Å². The first-order valence-corrected chi connectivity index (χ1v) is 6.72. The van der Waals surface area contributed by atoms with Gasteiger partial charge in [0.15, 0.2) is 0 Å². The highest BCUT2D eigenvalue weighted by Gasteiger charge is 2.17. The minimum atomic E-state index is -0.999. The molecule has 4 N–H and O–H groups in total. The lowest BCUT2D eigenvalue weighted by molar-refractivity contribution is -0.129. The highest BCUT2D eigenvalue weighted by atomic mass is 16.4. The standard InChI is InChI=1S/C14H19N3O3/c15-11-4-3-10(14(19)20)9-12(11)16-6-5-13(18)17-7-1-2-8-17/h3-4,9,16H,1-2,5-8,15H2,(H,19,20). The molecule has 0 atom stereocenters. The number of nitrogen functional groups attached to an aromatic ring is 1. The molecule has 0 bridgehead atoms. The van der Waals surface area contributed by atoms with Gasteiger partial charge in [-0.2, -0.15) is 0 Å². The zero-order valence-corrected chi connectivity index (χ0v) is 11.3. The smallest absolute Gasteiger partial charge is 0.335 e. The molecule has 0 saturated carbocycles. The summed E-state index contributed by atoms with van der Waals surface area (Å²) >= 11 is 0. The second kappa shape index (κ2) is 6.27. The van der Waals surface area contributed by atoms with Crippen molar-refractivity contribution in [3.63, 3.8) is 0 Å². The molecular formula is C14H19N3O3. The number of nitrogens with two attached hydrogens (primary N) is 1. The Labute approximate surface area is 117 Å². The molecule has 0 radical (unpaired) electrons. The van der Waals surface area contributed by atoms with Gasteiger partial charge in [0.2, 0.25) is 5.91 Å². The molecule has 1 heterocycles. The zero-order valence-electron chi connectivity index (χ0n) is 11.3. The van der Waals surface area contributed by atoms with E-state index >= 15 is 0 Å². The van der Waals surface area contributed by atoms with E-state index in [1.807, 2.05) is 4.90 Å². The number of aromatic carboxylic acids is 1. The molecule has 0 spiro atoms. The average Bonchev–Trinajstić information content (AvgIpc) is 2.94. The van der Waals surface area contributed by atoms with Gasteiger partial charge in [-0.15, -0.1) is 0 Å². The fourth-order valence-corrected chi connectivity index (χ4v) is 2.27. The van der Waals surface area contributed by atoms with Crippen LogP contribution in [0.2, 0.25) is 0 Å². The van der Waals surface area contributed by atoms with Gasteiger partial charge in [-0.3, -0.25) is 4.79 Å². The second-order valence-electron chi connectivity index (χ2n) is 4.87. The molecule has 20 heavy (non-hydrogen) atoms. The Morgan fingerprint density at radius 2 is 2.00 bits per heavy atom. The molecule has 108 valence electrons. The number of benzene rings is 1. The molecule has 6 nitrogen and oxygen atoms in total. The second-order valence-corrected chi connectivity index (χ2v) is 4.87.